The van der Waals surface area contributed by atoms with E-state index < -0.39 is 5.82 Å². The normalized spacial score (nSPS) is 21.2. The predicted molar refractivity (Wildman–Crippen MR) is 68.3 cm³/mol. The van der Waals surface area contributed by atoms with Crippen LogP contribution in [-0.2, 0) is 0 Å². The number of hydrogen-bond acceptors (Lipinski definition) is 4. The van der Waals surface area contributed by atoms with Gasteiger partial charge in [0.1, 0.15) is 11.5 Å². The van der Waals surface area contributed by atoms with Crippen molar-refractivity contribution in [1.82, 2.24) is 20.1 Å². The van der Waals surface area contributed by atoms with E-state index in [1.165, 1.54) is 12.1 Å². The number of carbonyl (C=O) groups excluding carboxylic acids is 1. The number of hydrogen-bond donors (Lipinski definition) is 1. The summed E-state index contributed by atoms with van der Waals surface area (Å²) in [6.07, 6.45) is 1.08. The van der Waals surface area contributed by atoms with Crippen molar-refractivity contribution in [2.45, 2.75) is 6.04 Å². The number of carbonyl (C=O) groups is 1. The van der Waals surface area contributed by atoms with Gasteiger partial charge in [-0.25, -0.2) is 9.37 Å². The van der Waals surface area contributed by atoms with Gasteiger partial charge >= 0.3 is 0 Å². The number of rotatable bonds is 2. The van der Waals surface area contributed by atoms with Crippen LogP contribution in [0, 0.1) is 5.82 Å². The second-order valence-corrected chi connectivity index (χ2v) is 5.01. The lowest BCUT2D eigenvalue weighted by Gasteiger charge is -2.46. The Kier molecular flexibility index (Phi) is 3.44. The molecular weight excluding hydrogens is 247 g/mol. The van der Waals surface area contributed by atoms with Crippen molar-refractivity contribution < 1.29 is 9.18 Å². The van der Waals surface area contributed by atoms with E-state index in [0.29, 0.717) is 11.7 Å². The minimum atomic E-state index is -0.418. The first kappa shape index (κ1) is 12.5. The Morgan fingerprint density at radius 2 is 2.05 bits per heavy atom. The fraction of sp³-hybridized carbons (Fsp3) is 0.538. The molecule has 0 spiro atoms. The molecule has 3 rings (SSSR count). The molecule has 0 bridgehead atoms. The molecule has 1 amide bonds. The van der Waals surface area contributed by atoms with Crippen LogP contribution in [-0.4, -0.2) is 66.0 Å². The third-order valence-electron chi connectivity index (χ3n) is 3.76. The van der Waals surface area contributed by atoms with Gasteiger partial charge in [0.15, 0.2) is 0 Å². The molecule has 1 aromatic heterocycles. The highest BCUT2D eigenvalue weighted by molar-refractivity contribution is 5.92. The van der Waals surface area contributed by atoms with Crippen molar-refractivity contribution in [3.05, 3.63) is 29.8 Å². The first-order valence-corrected chi connectivity index (χ1v) is 6.59. The Hall–Kier alpha value is -1.53. The van der Waals surface area contributed by atoms with Gasteiger partial charge in [-0.3, -0.25) is 9.69 Å². The van der Waals surface area contributed by atoms with E-state index in [1.54, 1.807) is 4.90 Å². The molecule has 0 unspecified atom stereocenters. The molecule has 2 aliphatic rings. The monoisotopic (exact) mass is 264 g/mol. The lowest BCUT2D eigenvalue weighted by atomic mass is 10.1. The largest absolute Gasteiger partial charge is 0.334 e. The maximum atomic E-state index is 12.8. The summed E-state index contributed by atoms with van der Waals surface area (Å²) in [5.74, 6) is -0.523. The Morgan fingerprint density at radius 3 is 2.68 bits per heavy atom. The van der Waals surface area contributed by atoms with Crippen molar-refractivity contribution in [1.29, 1.82) is 0 Å². The Labute approximate surface area is 111 Å². The maximum Gasteiger partial charge on any atom is 0.272 e. The molecule has 2 aliphatic heterocycles. The highest BCUT2D eigenvalue weighted by atomic mass is 19.1. The summed E-state index contributed by atoms with van der Waals surface area (Å²) in [6.45, 7) is 5.62. The summed E-state index contributed by atoms with van der Waals surface area (Å²) >= 11 is 0. The zero-order chi connectivity index (χ0) is 13.2. The van der Waals surface area contributed by atoms with Gasteiger partial charge in [-0.1, -0.05) is 0 Å². The van der Waals surface area contributed by atoms with Crippen molar-refractivity contribution in [2.24, 2.45) is 0 Å². The lowest BCUT2D eigenvalue weighted by molar-refractivity contribution is 0.0222. The molecular formula is C13H17FN4O. The van der Waals surface area contributed by atoms with Gasteiger partial charge in [0.2, 0.25) is 0 Å². The zero-order valence-electron chi connectivity index (χ0n) is 10.7. The van der Waals surface area contributed by atoms with E-state index in [1.807, 2.05) is 0 Å². The van der Waals surface area contributed by atoms with Crippen LogP contribution >= 0.6 is 0 Å². The molecule has 0 radical (unpaired) electrons. The molecule has 3 heterocycles. The minimum Gasteiger partial charge on any atom is -0.334 e. The molecule has 1 N–H and O–H groups in total. The van der Waals surface area contributed by atoms with Crippen LogP contribution in [0.5, 0.6) is 0 Å². The molecule has 0 saturated carbocycles. The SMILES string of the molecule is O=C(c1ccc(F)cn1)N1CC(N2CCNCC2)C1. The first-order chi connectivity index (χ1) is 9.24. The molecule has 2 saturated heterocycles. The van der Waals surface area contributed by atoms with Crippen molar-refractivity contribution in [2.75, 3.05) is 39.3 Å². The molecule has 5 nitrogen and oxygen atoms in total. The van der Waals surface area contributed by atoms with Gasteiger partial charge < -0.3 is 10.2 Å². The fourth-order valence-electron chi connectivity index (χ4n) is 2.56. The molecule has 19 heavy (non-hydrogen) atoms. The predicted octanol–water partition coefficient (Wildman–Crippen LogP) is -0.0497. The van der Waals surface area contributed by atoms with Crippen LogP contribution in [0.1, 0.15) is 10.5 Å². The van der Waals surface area contributed by atoms with Crippen LogP contribution in [0.2, 0.25) is 0 Å². The van der Waals surface area contributed by atoms with Crippen LogP contribution in [0.3, 0.4) is 0 Å². The van der Waals surface area contributed by atoms with Gasteiger partial charge in [0.05, 0.1) is 6.20 Å². The molecule has 0 atom stereocenters. The maximum absolute atomic E-state index is 12.8. The average molecular weight is 264 g/mol. The van der Waals surface area contributed by atoms with Crippen molar-refractivity contribution in [3.63, 3.8) is 0 Å². The Bertz CT molecular complexity index is 452. The third-order valence-corrected chi connectivity index (χ3v) is 3.76. The quantitative estimate of drug-likeness (QED) is 0.813. The number of amides is 1. The van der Waals surface area contributed by atoms with E-state index in [2.05, 4.69) is 15.2 Å². The van der Waals surface area contributed by atoms with E-state index >= 15 is 0 Å². The standard InChI is InChI=1S/C13H17FN4O/c14-10-1-2-12(16-7-10)13(19)18-8-11(9-18)17-5-3-15-4-6-17/h1-2,7,11,15H,3-6,8-9H2. The summed E-state index contributed by atoms with van der Waals surface area (Å²) in [5.41, 5.74) is 0.320. The topological polar surface area (TPSA) is 48.5 Å². The van der Waals surface area contributed by atoms with Gasteiger partial charge in [-0.2, -0.15) is 0 Å². The Morgan fingerprint density at radius 1 is 1.32 bits per heavy atom. The number of aromatic nitrogens is 1. The second-order valence-electron chi connectivity index (χ2n) is 5.01. The molecule has 0 aliphatic carbocycles. The number of likely N-dealkylation sites (tertiary alicyclic amines) is 1. The summed E-state index contributed by atoms with van der Waals surface area (Å²) in [4.78, 5) is 20.1. The number of nitrogens with one attached hydrogen (secondary N) is 1. The zero-order valence-corrected chi connectivity index (χ0v) is 10.7. The van der Waals surface area contributed by atoms with Crippen LogP contribution in [0.15, 0.2) is 18.3 Å². The van der Waals surface area contributed by atoms with E-state index in [0.717, 1.165) is 45.5 Å². The van der Waals surface area contributed by atoms with Gasteiger partial charge in [-0.05, 0) is 12.1 Å². The molecule has 6 heteroatoms. The van der Waals surface area contributed by atoms with Gasteiger partial charge in [0, 0.05) is 45.3 Å². The van der Waals surface area contributed by atoms with Gasteiger partial charge in [-0.15, -0.1) is 0 Å². The van der Waals surface area contributed by atoms with E-state index in [9.17, 15) is 9.18 Å². The first-order valence-electron chi connectivity index (χ1n) is 6.59. The Balaban J connectivity index is 1.55. The van der Waals surface area contributed by atoms with E-state index in [-0.39, 0.29) is 5.91 Å². The van der Waals surface area contributed by atoms with Crippen LogP contribution < -0.4 is 5.32 Å². The smallest absolute Gasteiger partial charge is 0.272 e. The molecule has 1 aromatic rings. The highest BCUT2D eigenvalue weighted by Gasteiger charge is 2.35. The number of halogens is 1. The van der Waals surface area contributed by atoms with E-state index in [4.69, 9.17) is 0 Å². The molecule has 0 aromatic carbocycles. The summed E-state index contributed by atoms with van der Waals surface area (Å²) in [6, 6.07) is 3.18. The summed E-state index contributed by atoms with van der Waals surface area (Å²) in [5, 5.41) is 3.32. The molecule has 2 fully saturated rings. The number of nitrogens with zero attached hydrogens (tertiary/aromatic N) is 3. The van der Waals surface area contributed by atoms with Crippen molar-refractivity contribution >= 4 is 5.91 Å². The highest BCUT2D eigenvalue weighted by Crippen LogP contribution is 2.17. The lowest BCUT2D eigenvalue weighted by Crippen LogP contribution is -2.63. The average Bonchev–Trinajstić information content (AvgIpc) is 2.39. The minimum absolute atomic E-state index is 0.105. The van der Waals surface area contributed by atoms with Crippen LogP contribution in [0.4, 0.5) is 4.39 Å². The third kappa shape index (κ3) is 2.59. The number of piperazine rings is 1. The van der Waals surface area contributed by atoms with Crippen LogP contribution in [0.25, 0.3) is 0 Å². The summed E-state index contributed by atoms with van der Waals surface area (Å²) in [7, 11) is 0. The summed E-state index contributed by atoms with van der Waals surface area (Å²) < 4.78 is 12.8. The van der Waals surface area contributed by atoms with Gasteiger partial charge in [0.25, 0.3) is 5.91 Å². The fourth-order valence-corrected chi connectivity index (χ4v) is 2.56. The molecule has 102 valence electrons. The number of pyridine rings is 1. The van der Waals surface area contributed by atoms with Crippen molar-refractivity contribution in [3.8, 4) is 0 Å². The second kappa shape index (κ2) is 5.22.